The molecule has 0 aliphatic heterocycles. The van der Waals surface area contributed by atoms with Gasteiger partial charge in [-0.25, -0.2) is 0 Å². The van der Waals surface area contributed by atoms with E-state index in [0.29, 0.717) is 13.2 Å². The van der Waals surface area contributed by atoms with Gasteiger partial charge >= 0.3 is 0 Å². The van der Waals surface area contributed by atoms with Crippen molar-refractivity contribution in [1.29, 1.82) is 0 Å². The molecule has 80 valence electrons. The Morgan fingerprint density at radius 1 is 1.47 bits per heavy atom. The molecule has 2 aromatic rings. The third kappa shape index (κ3) is 1.88. The highest BCUT2D eigenvalue weighted by molar-refractivity contribution is 7.20. The molecular formula is C11H12ClNOS. The number of hydrogen-bond acceptors (Lipinski definition) is 3. The predicted octanol–water partition coefficient (Wildman–Crippen LogP) is 3.16. The molecule has 0 aliphatic rings. The lowest BCUT2D eigenvalue weighted by molar-refractivity contribution is 0.185. The Labute approximate surface area is 97.6 Å². The van der Waals surface area contributed by atoms with Crippen molar-refractivity contribution < 1.29 is 4.74 Å². The minimum Gasteiger partial charge on any atom is -0.380 e. The number of rotatable bonds is 3. The summed E-state index contributed by atoms with van der Waals surface area (Å²) in [4.78, 5) is 1.15. The summed E-state index contributed by atoms with van der Waals surface area (Å²) in [5.74, 6) is 0. The first-order valence-electron chi connectivity index (χ1n) is 4.65. The molecule has 0 bridgehead atoms. The third-order valence-electron chi connectivity index (χ3n) is 2.33. The molecule has 0 saturated heterocycles. The number of halogens is 1. The monoisotopic (exact) mass is 241 g/mol. The van der Waals surface area contributed by atoms with E-state index in [-0.39, 0.29) is 0 Å². The molecule has 0 radical (unpaired) electrons. The zero-order valence-electron chi connectivity index (χ0n) is 8.42. The van der Waals surface area contributed by atoms with Crippen molar-refractivity contribution in [3.63, 3.8) is 0 Å². The summed E-state index contributed by atoms with van der Waals surface area (Å²) in [5, 5.41) is 1.95. The van der Waals surface area contributed by atoms with E-state index in [0.717, 1.165) is 20.0 Å². The molecule has 0 saturated carbocycles. The van der Waals surface area contributed by atoms with Crippen LogP contribution in [0.5, 0.6) is 0 Å². The van der Waals surface area contributed by atoms with E-state index in [2.05, 4.69) is 6.07 Å². The highest BCUT2D eigenvalue weighted by Gasteiger charge is 2.12. The molecule has 1 aromatic carbocycles. The minimum absolute atomic E-state index is 0.536. The van der Waals surface area contributed by atoms with Gasteiger partial charge in [0.15, 0.2) is 0 Å². The predicted molar refractivity (Wildman–Crippen MR) is 65.4 cm³/mol. The fourth-order valence-electron chi connectivity index (χ4n) is 1.65. The Morgan fingerprint density at radius 3 is 2.93 bits per heavy atom. The number of methoxy groups -OCH3 is 1. The van der Waals surface area contributed by atoms with E-state index in [1.54, 1.807) is 18.4 Å². The van der Waals surface area contributed by atoms with E-state index in [1.165, 1.54) is 5.56 Å². The normalized spacial score (nSPS) is 11.1. The quantitative estimate of drug-likeness (QED) is 0.896. The largest absolute Gasteiger partial charge is 0.380 e. The van der Waals surface area contributed by atoms with Crippen LogP contribution in [0.15, 0.2) is 18.2 Å². The zero-order valence-corrected chi connectivity index (χ0v) is 9.99. The average Bonchev–Trinajstić information content (AvgIpc) is 2.59. The van der Waals surface area contributed by atoms with Crippen molar-refractivity contribution in [2.24, 2.45) is 5.73 Å². The summed E-state index contributed by atoms with van der Waals surface area (Å²) in [5.41, 5.74) is 6.88. The highest BCUT2D eigenvalue weighted by atomic mass is 35.5. The lowest BCUT2D eigenvalue weighted by Gasteiger charge is -2.00. The summed E-state index contributed by atoms with van der Waals surface area (Å²) >= 11 is 7.78. The molecule has 4 heteroatoms. The van der Waals surface area contributed by atoms with Gasteiger partial charge in [-0.3, -0.25) is 0 Å². The van der Waals surface area contributed by atoms with E-state index < -0.39 is 0 Å². The first-order valence-corrected chi connectivity index (χ1v) is 5.85. The Bertz CT molecular complexity index is 481. The maximum atomic E-state index is 6.13. The summed E-state index contributed by atoms with van der Waals surface area (Å²) in [6, 6.07) is 5.92. The van der Waals surface area contributed by atoms with Gasteiger partial charge in [-0.2, -0.15) is 0 Å². The van der Waals surface area contributed by atoms with Crippen molar-refractivity contribution in [3.05, 3.63) is 33.7 Å². The van der Waals surface area contributed by atoms with Crippen molar-refractivity contribution >= 4 is 33.0 Å². The van der Waals surface area contributed by atoms with E-state index >= 15 is 0 Å². The second-order valence-corrected chi connectivity index (χ2v) is 4.77. The van der Waals surface area contributed by atoms with E-state index in [9.17, 15) is 0 Å². The molecule has 0 spiro atoms. The molecule has 0 unspecified atom stereocenters. The van der Waals surface area contributed by atoms with Gasteiger partial charge in [0.1, 0.15) is 0 Å². The molecule has 0 fully saturated rings. The van der Waals surface area contributed by atoms with E-state index in [1.807, 2.05) is 12.1 Å². The smallest absolute Gasteiger partial charge is 0.0730 e. The lowest BCUT2D eigenvalue weighted by atomic mass is 10.1. The van der Waals surface area contributed by atoms with Crippen LogP contribution in [0.3, 0.4) is 0 Å². The minimum atomic E-state index is 0.536. The van der Waals surface area contributed by atoms with Crippen LogP contribution in [-0.2, 0) is 17.9 Å². The fourth-order valence-corrected chi connectivity index (χ4v) is 3.03. The molecule has 1 heterocycles. The summed E-state index contributed by atoms with van der Waals surface area (Å²) in [6.07, 6.45) is 0. The second kappa shape index (κ2) is 4.49. The molecular weight excluding hydrogens is 230 g/mol. The van der Waals surface area contributed by atoms with Gasteiger partial charge in [0, 0.05) is 24.1 Å². The zero-order chi connectivity index (χ0) is 10.8. The summed E-state index contributed by atoms with van der Waals surface area (Å²) < 4.78 is 6.29. The SMILES string of the molecule is COCc1c(CN)sc2c(Cl)cccc12. The average molecular weight is 242 g/mol. The van der Waals surface area contributed by atoms with Crippen LogP contribution in [0.25, 0.3) is 10.1 Å². The van der Waals surface area contributed by atoms with Crippen molar-refractivity contribution in [1.82, 2.24) is 0 Å². The second-order valence-electron chi connectivity index (χ2n) is 3.26. The van der Waals surface area contributed by atoms with Crippen LogP contribution in [-0.4, -0.2) is 7.11 Å². The van der Waals surface area contributed by atoms with Gasteiger partial charge in [-0.1, -0.05) is 23.7 Å². The first kappa shape index (κ1) is 10.9. The van der Waals surface area contributed by atoms with Crippen LogP contribution in [0.1, 0.15) is 10.4 Å². The number of nitrogens with two attached hydrogens (primary N) is 1. The Morgan fingerprint density at radius 2 is 2.27 bits per heavy atom. The van der Waals surface area contributed by atoms with Crippen LogP contribution in [0, 0.1) is 0 Å². The molecule has 2 N–H and O–H groups in total. The fraction of sp³-hybridized carbons (Fsp3) is 0.273. The first-order chi connectivity index (χ1) is 7.27. The van der Waals surface area contributed by atoms with Gasteiger partial charge in [-0.05, 0) is 11.5 Å². The third-order valence-corrected chi connectivity index (χ3v) is 4.06. The van der Waals surface area contributed by atoms with Crippen LogP contribution in [0.4, 0.5) is 0 Å². The lowest BCUT2D eigenvalue weighted by Crippen LogP contribution is -1.98. The van der Waals surface area contributed by atoms with Crippen molar-refractivity contribution in [2.45, 2.75) is 13.2 Å². The Kier molecular flexibility index (Phi) is 3.26. The standard InChI is InChI=1S/C11H12ClNOS/c1-14-6-8-7-3-2-4-9(12)11(7)15-10(8)5-13/h2-4H,5-6,13H2,1H3. The maximum Gasteiger partial charge on any atom is 0.0730 e. The Balaban J connectivity index is 2.68. The molecule has 2 nitrogen and oxygen atoms in total. The van der Waals surface area contributed by atoms with Crippen molar-refractivity contribution in [3.8, 4) is 0 Å². The van der Waals surface area contributed by atoms with Gasteiger partial charge < -0.3 is 10.5 Å². The summed E-state index contributed by atoms with van der Waals surface area (Å²) in [7, 11) is 1.69. The number of ether oxygens (including phenoxy) is 1. The van der Waals surface area contributed by atoms with Gasteiger partial charge in [0.25, 0.3) is 0 Å². The van der Waals surface area contributed by atoms with E-state index in [4.69, 9.17) is 22.1 Å². The molecule has 1 aromatic heterocycles. The molecule has 15 heavy (non-hydrogen) atoms. The maximum absolute atomic E-state index is 6.13. The van der Waals surface area contributed by atoms with Gasteiger partial charge in [0.05, 0.1) is 16.3 Å². The van der Waals surface area contributed by atoms with Gasteiger partial charge in [0.2, 0.25) is 0 Å². The number of hydrogen-bond donors (Lipinski definition) is 1. The highest BCUT2D eigenvalue weighted by Crippen LogP contribution is 2.36. The number of benzene rings is 1. The van der Waals surface area contributed by atoms with Crippen molar-refractivity contribution in [2.75, 3.05) is 7.11 Å². The van der Waals surface area contributed by atoms with Crippen LogP contribution < -0.4 is 5.73 Å². The molecule has 0 atom stereocenters. The Hall–Kier alpha value is -0.610. The van der Waals surface area contributed by atoms with Gasteiger partial charge in [-0.15, -0.1) is 11.3 Å². The molecule has 0 amide bonds. The molecule has 2 rings (SSSR count). The topological polar surface area (TPSA) is 35.2 Å². The number of fused-ring (bicyclic) bond motifs is 1. The van der Waals surface area contributed by atoms with Crippen LogP contribution in [0.2, 0.25) is 5.02 Å². The summed E-state index contributed by atoms with van der Waals surface area (Å²) in [6.45, 7) is 1.13. The van der Waals surface area contributed by atoms with Crippen LogP contribution >= 0.6 is 22.9 Å². The molecule has 0 aliphatic carbocycles. The number of thiophene rings is 1.